The summed E-state index contributed by atoms with van der Waals surface area (Å²) in [5.41, 5.74) is 5.02. The van der Waals surface area contributed by atoms with Gasteiger partial charge in [0.1, 0.15) is 6.54 Å². The Morgan fingerprint density at radius 1 is 1.07 bits per heavy atom. The molecule has 2 heterocycles. The van der Waals surface area contributed by atoms with Crippen LogP contribution >= 0.6 is 0 Å². The van der Waals surface area contributed by atoms with Gasteiger partial charge >= 0.3 is 0 Å². The van der Waals surface area contributed by atoms with Gasteiger partial charge in [-0.25, -0.2) is 9.67 Å². The van der Waals surface area contributed by atoms with Crippen molar-refractivity contribution in [3.05, 3.63) is 87.8 Å². The standard InChI is InChI=1S/C24H24N4O2/c1-4-18-7-5-8-19(14-18)28-24(30)20-9-6-12-25-23(20)27(28)15-22(29)26-21-11-10-16(2)13-17(21)3/h5-14H,4,15H2,1-3H3,(H,26,29). The summed E-state index contributed by atoms with van der Waals surface area (Å²) >= 11 is 0. The highest BCUT2D eigenvalue weighted by Gasteiger charge is 2.18. The topological polar surface area (TPSA) is 68.9 Å². The minimum Gasteiger partial charge on any atom is -0.324 e. The van der Waals surface area contributed by atoms with Gasteiger partial charge < -0.3 is 5.32 Å². The monoisotopic (exact) mass is 400 g/mol. The average molecular weight is 400 g/mol. The molecule has 4 aromatic rings. The second-order valence-electron chi connectivity index (χ2n) is 7.44. The molecule has 0 fully saturated rings. The van der Waals surface area contributed by atoms with Crippen molar-refractivity contribution in [2.24, 2.45) is 0 Å². The molecule has 1 amide bonds. The summed E-state index contributed by atoms with van der Waals surface area (Å²) in [5, 5.41) is 3.44. The van der Waals surface area contributed by atoms with Crippen molar-refractivity contribution in [2.75, 3.05) is 5.32 Å². The number of amides is 1. The molecule has 152 valence electrons. The van der Waals surface area contributed by atoms with Crippen molar-refractivity contribution >= 4 is 22.6 Å². The summed E-state index contributed by atoms with van der Waals surface area (Å²) in [6.45, 7) is 6.01. The maximum absolute atomic E-state index is 13.2. The van der Waals surface area contributed by atoms with Crippen molar-refractivity contribution < 1.29 is 4.79 Å². The third kappa shape index (κ3) is 3.64. The van der Waals surface area contributed by atoms with E-state index in [1.807, 2.05) is 56.3 Å². The van der Waals surface area contributed by atoms with Gasteiger partial charge in [-0.3, -0.25) is 14.3 Å². The lowest BCUT2D eigenvalue weighted by molar-refractivity contribution is -0.116. The molecule has 0 saturated carbocycles. The van der Waals surface area contributed by atoms with Crippen LogP contribution in [0.3, 0.4) is 0 Å². The number of nitrogens with one attached hydrogen (secondary N) is 1. The number of aromatic nitrogens is 3. The summed E-state index contributed by atoms with van der Waals surface area (Å²) in [4.78, 5) is 30.4. The number of carbonyl (C=O) groups is 1. The molecule has 0 radical (unpaired) electrons. The Labute approximate surface area is 174 Å². The fraction of sp³-hybridized carbons (Fsp3) is 0.208. The Morgan fingerprint density at radius 3 is 2.67 bits per heavy atom. The summed E-state index contributed by atoms with van der Waals surface area (Å²) in [6, 6.07) is 17.1. The summed E-state index contributed by atoms with van der Waals surface area (Å²) < 4.78 is 3.18. The number of nitrogens with zero attached hydrogens (tertiary/aromatic N) is 3. The van der Waals surface area contributed by atoms with Gasteiger partial charge in [-0.15, -0.1) is 0 Å². The first-order valence-electron chi connectivity index (χ1n) is 10.0. The molecule has 2 aromatic heterocycles. The Hall–Kier alpha value is -3.67. The number of pyridine rings is 1. The largest absolute Gasteiger partial charge is 0.324 e. The van der Waals surface area contributed by atoms with Gasteiger partial charge in [0.2, 0.25) is 5.91 Å². The first kappa shape index (κ1) is 19.6. The number of benzene rings is 2. The van der Waals surface area contributed by atoms with Gasteiger partial charge in [-0.1, -0.05) is 36.8 Å². The van der Waals surface area contributed by atoms with Crippen LogP contribution in [0.1, 0.15) is 23.6 Å². The number of anilines is 1. The maximum Gasteiger partial charge on any atom is 0.280 e. The van der Waals surface area contributed by atoms with Crippen LogP contribution in [0.25, 0.3) is 16.7 Å². The zero-order valence-corrected chi connectivity index (χ0v) is 17.3. The maximum atomic E-state index is 13.2. The van der Waals surface area contributed by atoms with Crippen LogP contribution in [0.4, 0.5) is 5.69 Å². The lowest BCUT2D eigenvalue weighted by Crippen LogP contribution is -2.27. The molecule has 0 spiro atoms. The minimum absolute atomic E-state index is 0.0284. The highest BCUT2D eigenvalue weighted by Crippen LogP contribution is 2.18. The van der Waals surface area contributed by atoms with E-state index in [0.717, 1.165) is 34.5 Å². The van der Waals surface area contributed by atoms with E-state index in [9.17, 15) is 9.59 Å². The molecule has 4 rings (SSSR count). The van der Waals surface area contributed by atoms with Crippen molar-refractivity contribution in [3.63, 3.8) is 0 Å². The van der Waals surface area contributed by atoms with Gasteiger partial charge in [0.25, 0.3) is 5.56 Å². The van der Waals surface area contributed by atoms with E-state index in [4.69, 9.17) is 0 Å². The highest BCUT2D eigenvalue weighted by molar-refractivity contribution is 5.92. The first-order chi connectivity index (χ1) is 14.5. The van der Waals surface area contributed by atoms with Crippen molar-refractivity contribution in [3.8, 4) is 5.69 Å². The fourth-order valence-corrected chi connectivity index (χ4v) is 3.68. The van der Waals surface area contributed by atoms with Gasteiger partial charge in [-0.05, 0) is 61.7 Å². The molecule has 0 bridgehead atoms. The van der Waals surface area contributed by atoms with Crippen molar-refractivity contribution in [1.29, 1.82) is 0 Å². The van der Waals surface area contributed by atoms with Crippen LogP contribution in [-0.4, -0.2) is 20.3 Å². The molecule has 6 heteroatoms. The van der Waals surface area contributed by atoms with Gasteiger partial charge in [0.05, 0.1) is 11.1 Å². The lowest BCUT2D eigenvalue weighted by atomic mass is 10.1. The third-order valence-electron chi connectivity index (χ3n) is 5.21. The van der Waals surface area contributed by atoms with E-state index >= 15 is 0 Å². The predicted octanol–water partition coefficient (Wildman–Crippen LogP) is 4.01. The van der Waals surface area contributed by atoms with Crippen molar-refractivity contribution in [1.82, 2.24) is 14.3 Å². The Kier molecular flexibility index (Phi) is 5.23. The molecule has 0 aliphatic heterocycles. The molecule has 0 aliphatic carbocycles. The Balaban J connectivity index is 1.77. The number of rotatable bonds is 5. The molecule has 6 nitrogen and oxygen atoms in total. The molecule has 0 saturated heterocycles. The SMILES string of the molecule is CCc1cccc(-n2c(=O)c3cccnc3n2CC(=O)Nc2ccc(C)cc2C)c1. The molecule has 0 aliphatic rings. The quantitative estimate of drug-likeness (QED) is 0.550. The van der Waals surface area contributed by atoms with Crippen LogP contribution in [-0.2, 0) is 17.8 Å². The summed E-state index contributed by atoms with van der Waals surface area (Å²) in [7, 11) is 0. The van der Waals surface area contributed by atoms with Crippen LogP contribution in [0.2, 0.25) is 0 Å². The van der Waals surface area contributed by atoms with Crippen LogP contribution in [0.5, 0.6) is 0 Å². The molecule has 1 N–H and O–H groups in total. The average Bonchev–Trinajstić information content (AvgIpc) is 3.02. The Morgan fingerprint density at radius 2 is 1.90 bits per heavy atom. The zero-order chi connectivity index (χ0) is 21.3. The molecule has 30 heavy (non-hydrogen) atoms. The van der Waals surface area contributed by atoms with E-state index in [2.05, 4.69) is 17.2 Å². The van der Waals surface area contributed by atoms with E-state index in [0.29, 0.717) is 11.0 Å². The molecule has 0 atom stereocenters. The summed E-state index contributed by atoms with van der Waals surface area (Å²) in [5.74, 6) is -0.218. The Bertz CT molecular complexity index is 1300. The second-order valence-corrected chi connectivity index (χ2v) is 7.44. The number of aryl methyl sites for hydroxylation is 3. The van der Waals surface area contributed by atoms with E-state index in [1.54, 1.807) is 27.7 Å². The van der Waals surface area contributed by atoms with Gasteiger partial charge in [0, 0.05) is 11.9 Å². The molecule has 2 aromatic carbocycles. The number of fused-ring (bicyclic) bond motifs is 1. The summed E-state index contributed by atoms with van der Waals surface area (Å²) in [6.07, 6.45) is 2.49. The van der Waals surface area contributed by atoms with E-state index in [1.165, 1.54) is 0 Å². The van der Waals surface area contributed by atoms with Crippen molar-refractivity contribution in [2.45, 2.75) is 33.7 Å². The smallest absolute Gasteiger partial charge is 0.280 e. The van der Waals surface area contributed by atoms with Gasteiger partial charge in [0.15, 0.2) is 5.65 Å². The molecular weight excluding hydrogens is 376 g/mol. The van der Waals surface area contributed by atoms with Crippen LogP contribution < -0.4 is 10.9 Å². The zero-order valence-electron chi connectivity index (χ0n) is 17.3. The third-order valence-corrected chi connectivity index (χ3v) is 5.21. The second kappa shape index (κ2) is 7.99. The molecule has 0 unspecified atom stereocenters. The molecular formula is C24H24N4O2. The lowest BCUT2D eigenvalue weighted by Gasteiger charge is -2.14. The number of hydrogen-bond acceptors (Lipinski definition) is 3. The van der Waals surface area contributed by atoms with Gasteiger partial charge in [-0.2, -0.15) is 0 Å². The minimum atomic E-state index is -0.218. The predicted molar refractivity (Wildman–Crippen MR) is 119 cm³/mol. The van der Waals surface area contributed by atoms with Crippen LogP contribution in [0, 0.1) is 13.8 Å². The van der Waals surface area contributed by atoms with Crippen LogP contribution in [0.15, 0.2) is 65.6 Å². The van der Waals surface area contributed by atoms with E-state index < -0.39 is 0 Å². The normalized spacial score (nSPS) is 11.0. The number of hydrogen-bond donors (Lipinski definition) is 1. The number of carbonyl (C=O) groups excluding carboxylic acids is 1. The highest BCUT2D eigenvalue weighted by atomic mass is 16.2. The first-order valence-corrected chi connectivity index (χ1v) is 10.0. The fourth-order valence-electron chi connectivity index (χ4n) is 3.68. The van der Waals surface area contributed by atoms with E-state index in [-0.39, 0.29) is 18.0 Å².